The van der Waals surface area contributed by atoms with Gasteiger partial charge >= 0.3 is 0 Å². The first-order valence-corrected chi connectivity index (χ1v) is 8.77. The molecule has 0 fully saturated rings. The first-order chi connectivity index (χ1) is 9.63. The number of rotatable bonds is 11. The van der Waals surface area contributed by atoms with Crippen molar-refractivity contribution in [3.8, 4) is 0 Å². The number of unbranched alkanes of at least 4 members (excludes halogenated alkanes) is 4. The Kier molecular flexibility index (Phi) is 10.0. The number of hydrogen-bond acceptors (Lipinski definition) is 2. The van der Waals surface area contributed by atoms with Crippen LogP contribution in [0.4, 0.5) is 0 Å². The van der Waals surface area contributed by atoms with Crippen LogP contribution in [0.15, 0.2) is 12.3 Å². The van der Waals surface area contributed by atoms with Gasteiger partial charge in [0.25, 0.3) is 0 Å². The lowest BCUT2D eigenvalue weighted by molar-refractivity contribution is 0.356. The van der Waals surface area contributed by atoms with Crippen molar-refractivity contribution in [1.82, 2.24) is 10.6 Å². The van der Waals surface area contributed by atoms with E-state index in [1.165, 1.54) is 38.5 Å². The summed E-state index contributed by atoms with van der Waals surface area (Å²) in [5, 5.41) is 6.90. The second-order valence-electron chi connectivity index (χ2n) is 8.48. The third kappa shape index (κ3) is 14.2. The highest BCUT2D eigenvalue weighted by Gasteiger charge is 2.13. The zero-order valence-electron chi connectivity index (χ0n) is 15.6. The summed E-state index contributed by atoms with van der Waals surface area (Å²) in [7, 11) is 0. The number of hydrogen-bond donors (Lipinski definition) is 2. The van der Waals surface area contributed by atoms with Crippen molar-refractivity contribution in [1.29, 1.82) is 0 Å². The van der Waals surface area contributed by atoms with Crippen LogP contribution in [-0.2, 0) is 0 Å². The lowest BCUT2D eigenvalue weighted by atomic mass is 9.89. The molecule has 0 atom stereocenters. The standard InChI is InChI=1S/C19H40N2/c1-17(19(5,6)7)21-16-15-20-14-12-10-8-9-11-13-18(2,3)4/h20-21H,1,8-16H2,2-7H3. The van der Waals surface area contributed by atoms with E-state index in [2.05, 4.69) is 58.8 Å². The van der Waals surface area contributed by atoms with Crippen molar-refractivity contribution in [3.63, 3.8) is 0 Å². The van der Waals surface area contributed by atoms with Crippen molar-refractivity contribution < 1.29 is 0 Å². The Labute approximate surface area is 134 Å². The van der Waals surface area contributed by atoms with E-state index in [-0.39, 0.29) is 5.41 Å². The summed E-state index contributed by atoms with van der Waals surface area (Å²) in [6.45, 7) is 20.8. The van der Waals surface area contributed by atoms with Crippen LogP contribution in [0, 0.1) is 10.8 Å². The van der Waals surface area contributed by atoms with Gasteiger partial charge in [0, 0.05) is 24.2 Å². The van der Waals surface area contributed by atoms with Gasteiger partial charge in [0.05, 0.1) is 0 Å². The van der Waals surface area contributed by atoms with E-state index in [0.717, 1.165) is 25.3 Å². The Balaban J connectivity index is 3.25. The number of allylic oxidation sites excluding steroid dienone is 1. The van der Waals surface area contributed by atoms with Gasteiger partial charge in [-0.05, 0) is 24.8 Å². The lowest BCUT2D eigenvalue weighted by Crippen LogP contribution is -2.31. The van der Waals surface area contributed by atoms with Gasteiger partial charge < -0.3 is 10.6 Å². The number of nitrogens with one attached hydrogen (secondary N) is 2. The Morgan fingerprint density at radius 2 is 1.33 bits per heavy atom. The third-order valence-corrected chi connectivity index (χ3v) is 3.83. The molecule has 0 amide bonds. The van der Waals surface area contributed by atoms with E-state index in [9.17, 15) is 0 Å². The zero-order chi connectivity index (χ0) is 16.4. The molecule has 0 saturated carbocycles. The van der Waals surface area contributed by atoms with Crippen molar-refractivity contribution >= 4 is 0 Å². The van der Waals surface area contributed by atoms with Crippen LogP contribution in [0.25, 0.3) is 0 Å². The van der Waals surface area contributed by atoms with Crippen LogP contribution in [0.5, 0.6) is 0 Å². The fourth-order valence-corrected chi connectivity index (χ4v) is 2.13. The molecule has 0 spiro atoms. The highest BCUT2D eigenvalue weighted by molar-refractivity contribution is 5.02. The van der Waals surface area contributed by atoms with Crippen LogP contribution in [0.1, 0.15) is 80.1 Å². The van der Waals surface area contributed by atoms with Crippen molar-refractivity contribution in [2.45, 2.75) is 80.1 Å². The molecular weight excluding hydrogens is 256 g/mol. The first-order valence-electron chi connectivity index (χ1n) is 8.77. The van der Waals surface area contributed by atoms with Crippen LogP contribution in [-0.4, -0.2) is 19.6 Å². The molecule has 126 valence electrons. The topological polar surface area (TPSA) is 24.1 Å². The Morgan fingerprint density at radius 3 is 1.90 bits per heavy atom. The molecule has 0 aliphatic rings. The Bertz CT molecular complexity index is 268. The van der Waals surface area contributed by atoms with Gasteiger partial charge in [-0.25, -0.2) is 0 Å². The van der Waals surface area contributed by atoms with Gasteiger partial charge in [0.15, 0.2) is 0 Å². The van der Waals surface area contributed by atoms with E-state index in [1.54, 1.807) is 0 Å². The molecule has 0 aliphatic carbocycles. The summed E-state index contributed by atoms with van der Waals surface area (Å²) in [4.78, 5) is 0. The van der Waals surface area contributed by atoms with Crippen molar-refractivity contribution in [2.24, 2.45) is 10.8 Å². The van der Waals surface area contributed by atoms with Gasteiger partial charge in [-0.3, -0.25) is 0 Å². The summed E-state index contributed by atoms with van der Waals surface area (Å²) >= 11 is 0. The SMILES string of the molecule is C=C(NCCNCCCCCCCC(C)(C)C)C(C)(C)C. The minimum absolute atomic E-state index is 0.160. The maximum absolute atomic E-state index is 4.08. The predicted molar refractivity (Wildman–Crippen MR) is 96.6 cm³/mol. The molecule has 0 aromatic rings. The summed E-state index contributed by atoms with van der Waals surface area (Å²) in [6, 6.07) is 0. The summed E-state index contributed by atoms with van der Waals surface area (Å²) < 4.78 is 0. The molecule has 21 heavy (non-hydrogen) atoms. The second-order valence-corrected chi connectivity index (χ2v) is 8.48. The fraction of sp³-hybridized carbons (Fsp3) is 0.895. The van der Waals surface area contributed by atoms with Gasteiger partial charge in [0.2, 0.25) is 0 Å². The summed E-state index contributed by atoms with van der Waals surface area (Å²) in [5.74, 6) is 0. The largest absolute Gasteiger partial charge is 0.387 e. The van der Waals surface area contributed by atoms with Gasteiger partial charge in [-0.1, -0.05) is 73.8 Å². The van der Waals surface area contributed by atoms with E-state index in [0.29, 0.717) is 5.41 Å². The molecule has 0 saturated heterocycles. The first kappa shape index (κ1) is 20.5. The molecule has 0 heterocycles. The van der Waals surface area contributed by atoms with Gasteiger partial charge in [-0.2, -0.15) is 0 Å². The monoisotopic (exact) mass is 296 g/mol. The third-order valence-electron chi connectivity index (χ3n) is 3.83. The minimum Gasteiger partial charge on any atom is -0.387 e. The molecule has 0 bridgehead atoms. The molecule has 0 radical (unpaired) electrons. The highest BCUT2D eigenvalue weighted by atomic mass is 15.0. The fourth-order valence-electron chi connectivity index (χ4n) is 2.13. The van der Waals surface area contributed by atoms with Crippen LogP contribution in [0.2, 0.25) is 0 Å². The lowest BCUT2D eigenvalue weighted by Gasteiger charge is -2.23. The maximum atomic E-state index is 4.08. The second kappa shape index (κ2) is 10.3. The molecule has 0 unspecified atom stereocenters. The molecule has 2 heteroatoms. The van der Waals surface area contributed by atoms with E-state index in [1.807, 2.05) is 0 Å². The quantitative estimate of drug-likeness (QED) is 0.518. The van der Waals surface area contributed by atoms with E-state index < -0.39 is 0 Å². The van der Waals surface area contributed by atoms with Crippen LogP contribution < -0.4 is 10.6 Å². The molecule has 0 rings (SSSR count). The molecule has 0 aromatic carbocycles. The highest BCUT2D eigenvalue weighted by Crippen LogP contribution is 2.22. The van der Waals surface area contributed by atoms with Crippen LogP contribution in [0.3, 0.4) is 0 Å². The van der Waals surface area contributed by atoms with Crippen molar-refractivity contribution in [3.05, 3.63) is 12.3 Å². The minimum atomic E-state index is 0.160. The van der Waals surface area contributed by atoms with E-state index in [4.69, 9.17) is 0 Å². The molecule has 2 nitrogen and oxygen atoms in total. The predicted octanol–water partition coefficient (Wildman–Crippen LogP) is 5.11. The average molecular weight is 297 g/mol. The van der Waals surface area contributed by atoms with Crippen molar-refractivity contribution in [2.75, 3.05) is 19.6 Å². The zero-order valence-corrected chi connectivity index (χ0v) is 15.6. The smallest absolute Gasteiger partial charge is 0.0269 e. The summed E-state index contributed by atoms with van der Waals surface area (Å²) in [6.07, 6.45) is 8.18. The van der Waals surface area contributed by atoms with Crippen LogP contribution >= 0.6 is 0 Å². The normalized spacial score (nSPS) is 12.5. The van der Waals surface area contributed by atoms with Gasteiger partial charge in [-0.15, -0.1) is 0 Å². The molecule has 2 N–H and O–H groups in total. The summed E-state index contributed by atoms with van der Waals surface area (Å²) in [5.41, 5.74) is 1.79. The molecule has 0 aromatic heterocycles. The van der Waals surface area contributed by atoms with Gasteiger partial charge in [0.1, 0.15) is 0 Å². The molecule has 0 aliphatic heterocycles. The average Bonchev–Trinajstić information content (AvgIpc) is 2.33. The Morgan fingerprint density at radius 1 is 0.762 bits per heavy atom. The Hall–Kier alpha value is -0.500. The molecular formula is C19H40N2. The van der Waals surface area contributed by atoms with E-state index >= 15 is 0 Å². The maximum Gasteiger partial charge on any atom is 0.0269 e.